The Morgan fingerprint density at radius 1 is 1.24 bits per heavy atom. The Morgan fingerprint density at radius 3 is 2.47 bits per heavy atom. The highest BCUT2D eigenvalue weighted by molar-refractivity contribution is 5.86. The molecule has 0 aliphatic heterocycles. The van der Waals surface area contributed by atoms with Gasteiger partial charge in [-0.15, -0.1) is 0 Å². The summed E-state index contributed by atoms with van der Waals surface area (Å²) < 4.78 is 7.53. The molecule has 0 aliphatic carbocycles. The minimum Gasteiger partial charge on any atom is -0.497 e. The van der Waals surface area contributed by atoms with E-state index in [0.717, 1.165) is 5.75 Å². The molecule has 0 fully saturated rings. The molecule has 1 unspecified atom stereocenters. The number of ether oxygens (including phenoxy) is 1. The predicted molar refractivity (Wildman–Crippen MR) is 71.5 cm³/mol. The number of hydrogen-bond acceptors (Lipinski definition) is 2. The predicted octanol–water partition coefficient (Wildman–Crippen LogP) is 3.25. The number of nitrogens with zero attached hydrogens (tertiary/aromatic N) is 1. The summed E-state index contributed by atoms with van der Waals surface area (Å²) in [5.41, 5.74) is 8.42. The lowest BCUT2D eigenvalue weighted by Gasteiger charge is -2.09. The summed E-state index contributed by atoms with van der Waals surface area (Å²) in [5, 5.41) is 1.19. The standard InChI is InChI=1S/C14H20N2O/c1-9(2)16-8-13(10(3)15)12-7-11(17-4)5-6-14(12)16/h5-10H,15H2,1-4H3. The van der Waals surface area contributed by atoms with Gasteiger partial charge in [-0.1, -0.05) is 0 Å². The Kier molecular flexibility index (Phi) is 3.11. The number of fused-ring (bicyclic) bond motifs is 1. The second-order valence-electron chi connectivity index (χ2n) is 4.76. The van der Waals surface area contributed by atoms with Crippen LogP contribution in [0.2, 0.25) is 0 Å². The molecule has 0 aliphatic rings. The van der Waals surface area contributed by atoms with Crippen molar-refractivity contribution in [3.8, 4) is 5.75 Å². The Balaban J connectivity index is 2.72. The van der Waals surface area contributed by atoms with E-state index in [1.807, 2.05) is 13.0 Å². The quantitative estimate of drug-likeness (QED) is 0.882. The number of rotatable bonds is 3. The fourth-order valence-electron chi connectivity index (χ4n) is 2.18. The number of benzene rings is 1. The van der Waals surface area contributed by atoms with Crippen LogP contribution in [0.25, 0.3) is 10.9 Å². The maximum atomic E-state index is 6.03. The van der Waals surface area contributed by atoms with Gasteiger partial charge in [-0.3, -0.25) is 0 Å². The molecule has 1 aromatic heterocycles. The van der Waals surface area contributed by atoms with Crippen LogP contribution >= 0.6 is 0 Å². The highest BCUT2D eigenvalue weighted by atomic mass is 16.5. The van der Waals surface area contributed by atoms with Gasteiger partial charge in [-0.25, -0.2) is 0 Å². The Morgan fingerprint density at radius 2 is 1.94 bits per heavy atom. The number of aromatic nitrogens is 1. The molecule has 0 bridgehead atoms. The molecule has 3 nitrogen and oxygen atoms in total. The third kappa shape index (κ3) is 2.03. The van der Waals surface area contributed by atoms with Crippen molar-refractivity contribution in [3.63, 3.8) is 0 Å². The van der Waals surface area contributed by atoms with Crippen LogP contribution in [0.5, 0.6) is 5.75 Å². The summed E-state index contributed by atoms with van der Waals surface area (Å²) in [4.78, 5) is 0. The van der Waals surface area contributed by atoms with Crippen LogP contribution in [0.3, 0.4) is 0 Å². The van der Waals surface area contributed by atoms with E-state index < -0.39 is 0 Å². The van der Waals surface area contributed by atoms with Crippen molar-refractivity contribution in [3.05, 3.63) is 30.0 Å². The molecule has 1 aromatic carbocycles. The fourth-order valence-corrected chi connectivity index (χ4v) is 2.18. The van der Waals surface area contributed by atoms with Gasteiger partial charge < -0.3 is 15.0 Å². The molecule has 92 valence electrons. The van der Waals surface area contributed by atoms with Gasteiger partial charge in [0.15, 0.2) is 0 Å². The topological polar surface area (TPSA) is 40.2 Å². The van der Waals surface area contributed by atoms with Gasteiger partial charge in [0.1, 0.15) is 5.75 Å². The smallest absolute Gasteiger partial charge is 0.119 e. The first-order valence-electron chi connectivity index (χ1n) is 5.98. The third-order valence-electron chi connectivity index (χ3n) is 3.12. The van der Waals surface area contributed by atoms with Crippen LogP contribution in [-0.2, 0) is 0 Å². The van der Waals surface area contributed by atoms with Gasteiger partial charge in [0.05, 0.1) is 7.11 Å². The summed E-state index contributed by atoms with van der Waals surface area (Å²) in [5.74, 6) is 0.876. The van der Waals surface area contributed by atoms with E-state index in [4.69, 9.17) is 10.5 Å². The average molecular weight is 232 g/mol. The van der Waals surface area contributed by atoms with Gasteiger partial charge in [0.2, 0.25) is 0 Å². The molecule has 2 N–H and O–H groups in total. The van der Waals surface area contributed by atoms with Gasteiger partial charge >= 0.3 is 0 Å². The van der Waals surface area contributed by atoms with Crippen molar-refractivity contribution < 1.29 is 4.74 Å². The first-order chi connectivity index (χ1) is 8.04. The van der Waals surface area contributed by atoms with Crippen molar-refractivity contribution in [2.45, 2.75) is 32.9 Å². The molecular formula is C14H20N2O. The van der Waals surface area contributed by atoms with Gasteiger partial charge in [0.25, 0.3) is 0 Å². The zero-order valence-electron chi connectivity index (χ0n) is 10.9. The molecular weight excluding hydrogens is 212 g/mol. The monoisotopic (exact) mass is 232 g/mol. The summed E-state index contributed by atoms with van der Waals surface area (Å²) in [7, 11) is 1.69. The zero-order chi connectivity index (χ0) is 12.6. The van der Waals surface area contributed by atoms with Gasteiger partial charge in [-0.2, -0.15) is 0 Å². The van der Waals surface area contributed by atoms with Crippen molar-refractivity contribution in [1.29, 1.82) is 0 Å². The number of hydrogen-bond donors (Lipinski definition) is 1. The van der Waals surface area contributed by atoms with Crippen LogP contribution in [0.1, 0.15) is 38.4 Å². The highest BCUT2D eigenvalue weighted by Crippen LogP contribution is 2.30. The Bertz CT molecular complexity index is 526. The van der Waals surface area contributed by atoms with E-state index in [1.54, 1.807) is 7.11 Å². The molecule has 0 saturated heterocycles. The maximum absolute atomic E-state index is 6.03. The minimum atomic E-state index is 0.0320. The van der Waals surface area contributed by atoms with Crippen LogP contribution < -0.4 is 10.5 Å². The average Bonchev–Trinajstić information content (AvgIpc) is 2.67. The SMILES string of the molecule is COc1ccc2c(c1)c(C(C)N)cn2C(C)C. The van der Waals surface area contributed by atoms with Crippen molar-refractivity contribution in [2.75, 3.05) is 7.11 Å². The summed E-state index contributed by atoms with van der Waals surface area (Å²) >= 11 is 0. The highest BCUT2D eigenvalue weighted by Gasteiger charge is 2.13. The summed E-state index contributed by atoms with van der Waals surface area (Å²) in [6, 6.07) is 6.61. The van der Waals surface area contributed by atoms with Crippen LogP contribution in [0, 0.1) is 0 Å². The van der Waals surface area contributed by atoms with E-state index >= 15 is 0 Å². The molecule has 2 rings (SSSR count). The zero-order valence-corrected chi connectivity index (χ0v) is 10.9. The number of methoxy groups -OCH3 is 1. The molecule has 3 heteroatoms. The lowest BCUT2D eigenvalue weighted by Crippen LogP contribution is -2.04. The molecule has 0 spiro atoms. The molecule has 0 saturated carbocycles. The Hall–Kier alpha value is -1.48. The van der Waals surface area contributed by atoms with E-state index in [-0.39, 0.29) is 6.04 Å². The van der Waals surface area contributed by atoms with E-state index in [9.17, 15) is 0 Å². The number of nitrogens with two attached hydrogens (primary N) is 1. The van der Waals surface area contributed by atoms with E-state index in [2.05, 4.69) is 36.7 Å². The lowest BCUT2D eigenvalue weighted by atomic mass is 10.1. The molecule has 1 heterocycles. The van der Waals surface area contributed by atoms with Crippen molar-refractivity contribution in [1.82, 2.24) is 4.57 Å². The van der Waals surface area contributed by atoms with Crippen molar-refractivity contribution >= 4 is 10.9 Å². The second kappa shape index (κ2) is 4.41. The molecule has 2 aromatic rings. The lowest BCUT2D eigenvalue weighted by molar-refractivity contribution is 0.415. The first kappa shape index (κ1) is 12.0. The maximum Gasteiger partial charge on any atom is 0.119 e. The minimum absolute atomic E-state index is 0.0320. The van der Waals surface area contributed by atoms with Gasteiger partial charge in [-0.05, 0) is 44.5 Å². The van der Waals surface area contributed by atoms with Gasteiger partial charge in [0, 0.05) is 29.2 Å². The summed E-state index contributed by atoms with van der Waals surface area (Å²) in [6.45, 7) is 6.36. The Labute approximate surface area is 102 Å². The molecule has 0 amide bonds. The third-order valence-corrected chi connectivity index (χ3v) is 3.12. The summed E-state index contributed by atoms with van der Waals surface area (Å²) in [6.07, 6.45) is 2.15. The van der Waals surface area contributed by atoms with E-state index in [1.165, 1.54) is 16.5 Å². The first-order valence-corrected chi connectivity index (χ1v) is 5.98. The van der Waals surface area contributed by atoms with Crippen LogP contribution in [0.15, 0.2) is 24.4 Å². The fraction of sp³-hybridized carbons (Fsp3) is 0.429. The van der Waals surface area contributed by atoms with Crippen LogP contribution in [-0.4, -0.2) is 11.7 Å². The largest absolute Gasteiger partial charge is 0.497 e. The van der Waals surface area contributed by atoms with Crippen molar-refractivity contribution in [2.24, 2.45) is 5.73 Å². The second-order valence-corrected chi connectivity index (χ2v) is 4.76. The normalized spacial score (nSPS) is 13.3. The molecule has 17 heavy (non-hydrogen) atoms. The van der Waals surface area contributed by atoms with Crippen LogP contribution in [0.4, 0.5) is 0 Å². The molecule has 1 atom stereocenters. The molecule has 0 radical (unpaired) electrons. The van der Waals surface area contributed by atoms with E-state index in [0.29, 0.717) is 6.04 Å².